The number of ether oxygens (including phenoxy) is 1. The standard InChI is InChI=1S/C12H11N3O4/c1-18-8-2-4-10(11(6-8)15(16)17)12-5-3-9(19-12)7-14-13/h2-7H,13H2,1H3. The molecule has 0 saturated carbocycles. The van der Waals surface area contributed by atoms with Crippen LogP contribution in [-0.4, -0.2) is 18.2 Å². The first-order valence-corrected chi connectivity index (χ1v) is 5.31. The van der Waals surface area contributed by atoms with Gasteiger partial charge < -0.3 is 15.0 Å². The van der Waals surface area contributed by atoms with Crippen molar-refractivity contribution in [3.05, 3.63) is 46.2 Å². The molecule has 0 bridgehead atoms. The fourth-order valence-corrected chi connectivity index (χ4v) is 1.64. The Balaban J connectivity index is 2.50. The Morgan fingerprint density at radius 2 is 2.21 bits per heavy atom. The smallest absolute Gasteiger partial charge is 0.284 e. The molecule has 2 rings (SSSR count). The number of methoxy groups -OCH3 is 1. The Morgan fingerprint density at radius 1 is 1.42 bits per heavy atom. The number of nitro benzene ring substituents is 1. The van der Waals surface area contributed by atoms with Crippen molar-refractivity contribution in [2.24, 2.45) is 10.9 Å². The first-order chi connectivity index (χ1) is 9.15. The average molecular weight is 261 g/mol. The Hall–Kier alpha value is -2.83. The van der Waals surface area contributed by atoms with Crippen LogP contribution in [0.15, 0.2) is 39.9 Å². The van der Waals surface area contributed by atoms with Gasteiger partial charge in [0.2, 0.25) is 0 Å². The summed E-state index contributed by atoms with van der Waals surface area (Å²) in [5, 5.41) is 14.4. The molecule has 7 nitrogen and oxygen atoms in total. The quantitative estimate of drug-likeness (QED) is 0.393. The summed E-state index contributed by atoms with van der Waals surface area (Å²) in [7, 11) is 1.45. The van der Waals surface area contributed by atoms with Gasteiger partial charge in [0.25, 0.3) is 5.69 Å². The van der Waals surface area contributed by atoms with E-state index in [0.29, 0.717) is 22.8 Å². The Bertz CT molecular complexity index is 634. The maximum absolute atomic E-state index is 11.1. The molecule has 1 heterocycles. The third-order valence-electron chi connectivity index (χ3n) is 2.50. The number of nitro groups is 1. The number of hydrogen-bond donors (Lipinski definition) is 1. The molecule has 98 valence electrons. The largest absolute Gasteiger partial charge is 0.497 e. The number of furan rings is 1. The molecule has 0 aliphatic heterocycles. The number of nitrogens with two attached hydrogens (primary N) is 1. The van der Waals surface area contributed by atoms with E-state index < -0.39 is 4.92 Å². The average Bonchev–Trinajstić information content (AvgIpc) is 2.87. The normalized spacial score (nSPS) is 10.8. The van der Waals surface area contributed by atoms with Crippen LogP contribution in [-0.2, 0) is 0 Å². The summed E-state index contributed by atoms with van der Waals surface area (Å²) in [6, 6.07) is 7.78. The Kier molecular flexibility index (Phi) is 3.46. The highest BCUT2D eigenvalue weighted by Crippen LogP contribution is 2.33. The van der Waals surface area contributed by atoms with Gasteiger partial charge in [-0.05, 0) is 24.3 Å². The van der Waals surface area contributed by atoms with Crippen LogP contribution in [0.4, 0.5) is 5.69 Å². The van der Waals surface area contributed by atoms with Crippen LogP contribution in [0.25, 0.3) is 11.3 Å². The van der Waals surface area contributed by atoms with Crippen LogP contribution >= 0.6 is 0 Å². The molecule has 2 N–H and O–H groups in total. The van der Waals surface area contributed by atoms with Gasteiger partial charge in [-0.2, -0.15) is 5.10 Å². The third-order valence-corrected chi connectivity index (χ3v) is 2.50. The zero-order valence-electron chi connectivity index (χ0n) is 10.1. The van der Waals surface area contributed by atoms with Gasteiger partial charge in [-0.15, -0.1) is 0 Å². The second kappa shape index (κ2) is 5.21. The van der Waals surface area contributed by atoms with Crippen molar-refractivity contribution in [1.29, 1.82) is 0 Å². The highest BCUT2D eigenvalue weighted by atomic mass is 16.6. The Labute approximate surface area is 108 Å². The number of rotatable bonds is 4. The molecule has 0 atom stereocenters. The molecule has 1 aromatic carbocycles. The molecule has 0 aliphatic rings. The van der Waals surface area contributed by atoms with Gasteiger partial charge in [0.1, 0.15) is 17.3 Å². The van der Waals surface area contributed by atoms with E-state index in [1.165, 1.54) is 19.4 Å². The molecule has 0 fully saturated rings. The third kappa shape index (κ3) is 2.54. The van der Waals surface area contributed by atoms with Crippen LogP contribution in [0.1, 0.15) is 5.76 Å². The second-order valence-corrected chi connectivity index (χ2v) is 3.62. The van der Waals surface area contributed by atoms with Crippen molar-refractivity contribution < 1.29 is 14.1 Å². The van der Waals surface area contributed by atoms with Crippen LogP contribution in [0.2, 0.25) is 0 Å². The van der Waals surface area contributed by atoms with E-state index in [1.807, 2.05) is 0 Å². The minimum Gasteiger partial charge on any atom is -0.497 e. The molecule has 19 heavy (non-hydrogen) atoms. The van der Waals surface area contributed by atoms with Crippen molar-refractivity contribution in [2.75, 3.05) is 7.11 Å². The molecule has 0 spiro atoms. The van der Waals surface area contributed by atoms with Crippen molar-refractivity contribution in [1.82, 2.24) is 0 Å². The number of hydrazone groups is 1. The van der Waals surface area contributed by atoms with E-state index in [9.17, 15) is 10.1 Å². The van der Waals surface area contributed by atoms with Crippen LogP contribution in [0.3, 0.4) is 0 Å². The monoisotopic (exact) mass is 261 g/mol. The van der Waals surface area contributed by atoms with E-state index in [4.69, 9.17) is 15.0 Å². The van der Waals surface area contributed by atoms with Gasteiger partial charge in [0.15, 0.2) is 0 Å². The van der Waals surface area contributed by atoms with Gasteiger partial charge >= 0.3 is 0 Å². The maximum atomic E-state index is 11.1. The van der Waals surface area contributed by atoms with Crippen molar-refractivity contribution in [2.45, 2.75) is 0 Å². The molecule has 0 amide bonds. The lowest BCUT2D eigenvalue weighted by Crippen LogP contribution is -1.93. The topological polar surface area (TPSA) is 104 Å². The molecule has 7 heteroatoms. The van der Waals surface area contributed by atoms with E-state index in [1.54, 1.807) is 24.3 Å². The van der Waals surface area contributed by atoms with Gasteiger partial charge in [-0.25, -0.2) is 0 Å². The summed E-state index contributed by atoms with van der Waals surface area (Å²) in [5.74, 6) is 6.20. The minimum absolute atomic E-state index is 0.0927. The van der Waals surface area contributed by atoms with Crippen LogP contribution in [0, 0.1) is 10.1 Å². The molecular formula is C12H11N3O4. The lowest BCUT2D eigenvalue weighted by Gasteiger charge is -2.03. The summed E-state index contributed by atoms with van der Waals surface area (Å²) >= 11 is 0. The van der Waals surface area contributed by atoms with Gasteiger partial charge in [-0.1, -0.05) is 0 Å². The zero-order chi connectivity index (χ0) is 13.8. The molecule has 1 aromatic heterocycles. The molecule has 2 aromatic rings. The van der Waals surface area contributed by atoms with E-state index in [-0.39, 0.29) is 5.69 Å². The van der Waals surface area contributed by atoms with Gasteiger partial charge in [-0.3, -0.25) is 10.1 Å². The summed E-state index contributed by atoms with van der Waals surface area (Å²) < 4.78 is 10.4. The van der Waals surface area contributed by atoms with Crippen LogP contribution in [0.5, 0.6) is 5.75 Å². The predicted octanol–water partition coefficient (Wildman–Crippen LogP) is 2.16. The maximum Gasteiger partial charge on any atom is 0.284 e. The second-order valence-electron chi connectivity index (χ2n) is 3.62. The predicted molar refractivity (Wildman–Crippen MR) is 69.1 cm³/mol. The fraction of sp³-hybridized carbons (Fsp3) is 0.0833. The molecular weight excluding hydrogens is 250 g/mol. The number of hydrogen-bond acceptors (Lipinski definition) is 6. The highest BCUT2D eigenvalue weighted by Gasteiger charge is 2.19. The SMILES string of the molecule is COc1ccc(-c2ccc(C=NN)o2)c([N+](=O)[O-])c1. The number of nitrogens with zero attached hydrogens (tertiary/aromatic N) is 2. The molecule has 0 aliphatic carbocycles. The van der Waals surface area contributed by atoms with E-state index in [0.717, 1.165) is 0 Å². The lowest BCUT2D eigenvalue weighted by molar-refractivity contribution is -0.384. The van der Waals surface area contributed by atoms with Crippen molar-refractivity contribution >= 4 is 11.9 Å². The zero-order valence-corrected chi connectivity index (χ0v) is 10.1. The first kappa shape index (κ1) is 12.6. The minimum atomic E-state index is -0.489. The van der Waals surface area contributed by atoms with Crippen molar-refractivity contribution in [3.63, 3.8) is 0 Å². The summed E-state index contributed by atoms with van der Waals surface area (Å²) in [6.45, 7) is 0. The fourth-order valence-electron chi connectivity index (χ4n) is 1.64. The van der Waals surface area contributed by atoms with Crippen LogP contribution < -0.4 is 10.6 Å². The van der Waals surface area contributed by atoms with E-state index in [2.05, 4.69) is 5.10 Å². The molecule has 0 radical (unpaired) electrons. The van der Waals surface area contributed by atoms with E-state index >= 15 is 0 Å². The summed E-state index contributed by atoms with van der Waals surface area (Å²) in [5.41, 5.74) is 0.271. The first-order valence-electron chi connectivity index (χ1n) is 5.31. The lowest BCUT2D eigenvalue weighted by atomic mass is 10.1. The summed E-state index contributed by atoms with van der Waals surface area (Å²) in [4.78, 5) is 10.6. The molecule has 0 unspecified atom stereocenters. The van der Waals surface area contributed by atoms with Gasteiger partial charge in [0.05, 0.1) is 29.9 Å². The molecule has 0 saturated heterocycles. The highest BCUT2D eigenvalue weighted by molar-refractivity contribution is 5.78. The van der Waals surface area contributed by atoms with Gasteiger partial charge in [0, 0.05) is 0 Å². The Morgan fingerprint density at radius 3 is 2.84 bits per heavy atom. The summed E-state index contributed by atoms with van der Waals surface area (Å²) in [6.07, 6.45) is 1.32. The van der Waals surface area contributed by atoms with Crippen molar-refractivity contribution in [3.8, 4) is 17.1 Å². The number of benzene rings is 1.